The van der Waals surface area contributed by atoms with E-state index in [4.69, 9.17) is 4.74 Å². The summed E-state index contributed by atoms with van der Waals surface area (Å²) < 4.78 is 5.49. The van der Waals surface area contributed by atoms with Gasteiger partial charge in [-0.2, -0.15) is 4.91 Å². The zero-order valence-corrected chi connectivity index (χ0v) is 8.16. The SMILES string of the molecule is CNC1CCC(OCCN=O)CC1. The Labute approximate surface area is 79.0 Å². The molecule has 1 aliphatic rings. The Morgan fingerprint density at radius 3 is 2.62 bits per heavy atom. The van der Waals surface area contributed by atoms with Gasteiger partial charge in [0.15, 0.2) is 0 Å². The maximum Gasteiger partial charge on any atom is 0.104 e. The van der Waals surface area contributed by atoms with E-state index in [1.165, 1.54) is 12.8 Å². The van der Waals surface area contributed by atoms with Crippen LogP contribution in [0.25, 0.3) is 0 Å². The van der Waals surface area contributed by atoms with Crippen molar-refractivity contribution in [3.05, 3.63) is 4.91 Å². The van der Waals surface area contributed by atoms with Crippen LogP contribution in [0.2, 0.25) is 0 Å². The third-order valence-corrected chi connectivity index (χ3v) is 2.62. The predicted octanol–water partition coefficient (Wildman–Crippen LogP) is 1.30. The Morgan fingerprint density at radius 1 is 1.38 bits per heavy atom. The van der Waals surface area contributed by atoms with Crippen LogP contribution in [0.3, 0.4) is 0 Å². The van der Waals surface area contributed by atoms with Gasteiger partial charge < -0.3 is 10.1 Å². The fraction of sp³-hybridized carbons (Fsp3) is 1.00. The van der Waals surface area contributed by atoms with Crippen LogP contribution in [0.15, 0.2) is 5.18 Å². The molecule has 0 radical (unpaired) electrons. The third-order valence-electron chi connectivity index (χ3n) is 2.62. The summed E-state index contributed by atoms with van der Waals surface area (Å²) in [5.74, 6) is 0. The van der Waals surface area contributed by atoms with Crippen LogP contribution in [0, 0.1) is 4.91 Å². The quantitative estimate of drug-likeness (QED) is 0.520. The summed E-state index contributed by atoms with van der Waals surface area (Å²) in [4.78, 5) is 9.80. The van der Waals surface area contributed by atoms with E-state index in [-0.39, 0.29) is 6.54 Å². The average molecular weight is 186 g/mol. The highest BCUT2D eigenvalue weighted by Gasteiger charge is 2.19. The first-order valence-electron chi connectivity index (χ1n) is 4.94. The molecule has 0 aromatic heterocycles. The molecule has 0 aromatic rings. The van der Waals surface area contributed by atoms with Crippen molar-refractivity contribution in [2.24, 2.45) is 5.18 Å². The first-order chi connectivity index (χ1) is 6.36. The fourth-order valence-electron chi connectivity index (χ4n) is 1.77. The molecule has 1 fully saturated rings. The van der Waals surface area contributed by atoms with Gasteiger partial charge in [0.05, 0.1) is 12.7 Å². The molecule has 13 heavy (non-hydrogen) atoms. The molecule has 76 valence electrons. The highest BCUT2D eigenvalue weighted by molar-refractivity contribution is 4.76. The fourth-order valence-corrected chi connectivity index (χ4v) is 1.77. The van der Waals surface area contributed by atoms with E-state index in [1.54, 1.807) is 0 Å². The van der Waals surface area contributed by atoms with Crippen LogP contribution >= 0.6 is 0 Å². The molecule has 1 saturated carbocycles. The lowest BCUT2D eigenvalue weighted by Gasteiger charge is -2.27. The topological polar surface area (TPSA) is 50.7 Å². The molecule has 0 atom stereocenters. The molecule has 4 heteroatoms. The number of rotatable bonds is 5. The smallest absolute Gasteiger partial charge is 0.104 e. The highest BCUT2D eigenvalue weighted by atomic mass is 16.5. The van der Waals surface area contributed by atoms with Crippen molar-refractivity contribution in [2.45, 2.75) is 37.8 Å². The molecule has 0 amide bonds. The van der Waals surface area contributed by atoms with Crippen LogP contribution in [0.4, 0.5) is 0 Å². The average Bonchev–Trinajstić information content (AvgIpc) is 2.19. The standard InChI is InChI=1S/C9H18N2O2/c1-10-8-2-4-9(5-3-8)13-7-6-11-12/h8-10H,2-7H2,1H3. The molecule has 1 aliphatic carbocycles. The van der Waals surface area contributed by atoms with Crippen LogP contribution in [0.1, 0.15) is 25.7 Å². The number of nitrogens with zero attached hydrogens (tertiary/aromatic N) is 1. The first kappa shape index (κ1) is 10.6. The van der Waals surface area contributed by atoms with Crippen LogP contribution in [-0.4, -0.2) is 32.3 Å². The number of nitrogens with one attached hydrogen (secondary N) is 1. The van der Waals surface area contributed by atoms with E-state index in [1.807, 2.05) is 7.05 Å². The number of hydrogen-bond acceptors (Lipinski definition) is 4. The second-order valence-corrected chi connectivity index (χ2v) is 3.49. The molecule has 1 N–H and O–H groups in total. The zero-order valence-electron chi connectivity index (χ0n) is 8.16. The van der Waals surface area contributed by atoms with Crippen molar-refractivity contribution in [3.8, 4) is 0 Å². The molecular formula is C9H18N2O2. The summed E-state index contributed by atoms with van der Waals surface area (Å²) in [6, 6.07) is 0.657. The number of ether oxygens (including phenoxy) is 1. The minimum Gasteiger partial charge on any atom is -0.376 e. The number of hydrogen-bond donors (Lipinski definition) is 1. The predicted molar refractivity (Wildman–Crippen MR) is 51.7 cm³/mol. The van der Waals surface area contributed by atoms with E-state index in [0.29, 0.717) is 18.8 Å². The summed E-state index contributed by atoms with van der Waals surface area (Å²) >= 11 is 0. The van der Waals surface area contributed by atoms with E-state index in [0.717, 1.165) is 12.8 Å². The van der Waals surface area contributed by atoms with Gasteiger partial charge in [0.2, 0.25) is 0 Å². The molecule has 0 bridgehead atoms. The molecule has 1 rings (SSSR count). The Kier molecular flexibility index (Phi) is 4.93. The summed E-state index contributed by atoms with van der Waals surface area (Å²) in [6.45, 7) is 0.768. The Morgan fingerprint density at radius 2 is 2.08 bits per heavy atom. The van der Waals surface area contributed by atoms with E-state index in [9.17, 15) is 4.91 Å². The second kappa shape index (κ2) is 6.05. The largest absolute Gasteiger partial charge is 0.376 e. The Balaban J connectivity index is 2.06. The lowest BCUT2D eigenvalue weighted by Crippen LogP contribution is -2.33. The van der Waals surface area contributed by atoms with Crippen molar-refractivity contribution in [1.29, 1.82) is 0 Å². The van der Waals surface area contributed by atoms with Gasteiger partial charge in [-0.25, -0.2) is 0 Å². The Bertz CT molecular complexity index is 145. The number of nitroso groups, excluding NO2 is 1. The molecule has 0 unspecified atom stereocenters. The monoisotopic (exact) mass is 186 g/mol. The van der Waals surface area contributed by atoms with Crippen molar-refractivity contribution >= 4 is 0 Å². The van der Waals surface area contributed by atoms with Crippen LogP contribution < -0.4 is 5.32 Å². The third kappa shape index (κ3) is 3.83. The van der Waals surface area contributed by atoms with Crippen molar-refractivity contribution < 1.29 is 4.74 Å². The molecule has 4 nitrogen and oxygen atoms in total. The Hall–Kier alpha value is -0.480. The van der Waals surface area contributed by atoms with Gasteiger partial charge in [0, 0.05) is 6.04 Å². The van der Waals surface area contributed by atoms with Gasteiger partial charge in [-0.3, -0.25) is 0 Å². The maximum absolute atomic E-state index is 9.80. The van der Waals surface area contributed by atoms with Gasteiger partial charge >= 0.3 is 0 Å². The van der Waals surface area contributed by atoms with E-state index >= 15 is 0 Å². The van der Waals surface area contributed by atoms with Crippen molar-refractivity contribution in [1.82, 2.24) is 5.32 Å². The van der Waals surface area contributed by atoms with E-state index in [2.05, 4.69) is 10.5 Å². The van der Waals surface area contributed by atoms with Gasteiger partial charge in [-0.15, -0.1) is 0 Å². The molecule has 0 saturated heterocycles. The molecule has 0 aliphatic heterocycles. The van der Waals surface area contributed by atoms with Gasteiger partial charge in [0.1, 0.15) is 6.54 Å². The molecule has 0 aromatic carbocycles. The van der Waals surface area contributed by atoms with Gasteiger partial charge in [-0.1, -0.05) is 5.18 Å². The molecule has 0 heterocycles. The highest BCUT2D eigenvalue weighted by Crippen LogP contribution is 2.20. The molecule has 0 spiro atoms. The maximum atomic E-state index is 9.80. The van der Waals surface area contributed by atoms with Crippen LogP contribution in [-0.2, 0) is 4.74 Å². The lowest BCUT2D eigenvalue weighted by molar-refractivity contribution is 0.0278. The zero-order chi connectivity index (χ0) is 9.52. The lowest BCUT2D eigenvalue weighted by atomic mass is 9.93. The molecular weight excluding hydrogens is 168 g/mol. The minimum absolute atomic E-state index is 0.284. The van der Waals surface area contributed by atoms with Gasteiger partial charge in [0.25, 0.3) is 0 Å². The normalized spacial score (nSPS) is 28.7. The minimum atomic E-state index is 0.284. The van der Waals surface area contributed by atoms with Crippen molar-refractivity contribution in [2.75, 3.05) is 20.2 Å². The van der Waals surface area contributed by atoms with Crippen LogP contribution in [0.5, 0.6) is 0 Å². The van der Waals surface area contributed by atoms with Crippen molar-refractivity contribution in [3.63, 3.8) is 0 Å². The summed E-state index contributed by atoms with van der Waals surface area (Å²) in [6.07, 6.45) is 4.91. The van der Waals surface area contributed by atoms with E-state index < -0.39 is 0 Å². The summed E-state index contributed by atoms with van der Waals surface area (Å²) in [5.41, 5.74) is 0. The second-order valence-electron chi connectivity index (χ2n) is 3.49. The summed E-state index contributed by atoms with van der Waals surface area (Å²) in [5, 5.41) is 6.03. The first-order valence-corrected chi connectivity index (χ1v) is 4.94. The summed E-state index contributed by atoms with van der Waals surface area (Å²) in [7, 11) is 2.00. The van der Waals surface area contributed by atoms with Gasteiger partial charge in [-0.05, 0) is 32.7 Å².